The Morgan fingerprint density at radius 3 is 3.00 bits per heavy atom. The van der Waals surface area contributed by atoms with Gasteiger partial charge >= 0.3 is 0 Å². The molecule has 0 spiro atoms. The molecule has 0 aliphatic carbocycles. The van der Waals surface area contributed by atoms with Crippen LogP contribution in [0, 0.1) is 0 Å². The van der Waals surface area contributed by atoms with E-state index in [1.165, 1.54) is 0 Å². The van der Waals surface area contributed by atoms with Gasteiger partial charge in [0.25, 0.3) is 0 Å². The summed E-state index contributed by atoms with van der Waals surface area (Å²) in [5.74, 6) is -0.0253. The molecular formula is C12H22N4O2. The van der Waals surface area contributed by atoms with Gasteiger partial charge in [-0.1, -0.05) is 0 Å². The summed E-state index contributed by atoms with van der Waals surface area (Å²) in [4.78, 5) is 15.5. The maximum absolute atomic E-state index is 11.4. The maximum atomic E-state index is 11.4. The largest absolute Gasteiger partial charge is 0.383 e. The van der Waals surface area contributed by atoms with E-state index in [2.05, 4.69) is 34.0 Å². The van der Waals surface area contributed by atoms with E-state index in [1.807, 2.05) is 6.20 Å². The number of carbonyl (C=O) groups is 1. The van der Waals surface area contributed by atoms with Crippen molar-refractivity contribution >= 4 is 5.91 Å². The second-order valence-electron chi connectivity index (χ2n) is 4.33. The predicted molar refractivity (Wildman–Crippen MR) is 69.2 cm³/mol. The molecule has 0 bridgehead atoms. The van der Waals surface area contributed by atoms with Gasteiger partial charge in [-0.3, -0.25) is 4.79 Å². The number of hydrogen-bond donors (Lipinski definition) is 2. The molecule has 0 saturated heterocycles. The second-order valence-corrected chi connectivity index (χ2v) is 4.33. The fourth-order valence-electron chi connectivity index (χ4n) is 1.59. The number of ether oxygens (including phenoxy) is 1. The quantitative estimate of drug-likeness (QED) is 0.655. The van der Waals surface area contributed by atoms with E-state index in [-0.39, 0.29) is 5.91 Å². The van der Waals surface area contributed by atoms with Crippen molar-refractivity contribution in [2.24, 2.45) is 0 Å². The number of methoxy groups -OCH3 is 1. The Bertz CT molecular complexity index is 363. The topological polar surface area (TPSA) is 68.2 Å². The van der Waals surface area contributed by atoms with Gasteiger partial charge in [0.2, 0.25) is 5.91 Å². The van der Waals surface area contributed by atoms with Gasteiger partial charge in [0.1, 0.15) is 0 Å². The Morgan fingerprint density at radius 2 is 2.33 bits per heavy atom. The van der Waals surface area contributed by atoms with E-state index >= 15 is 0 Å². The number of imidazole rings is 1. The Morgan fingerprint density at radius 1 is 1.56 bits per heavy atom. The van der Waals surface area contributed by atoms with Crippen molar-refractivity contribution in [1.82, 2.24) is 20.2 Å². The summed E-state index contributed by atoms with van der Waals surface area (Å²) in [6, 6.07) is 0.375. The molecule has 1 heterocycles. The fourth-order valence-corrected chi connectivity index (χ4v) is 1.59. The zero-order valence-electron chi connectivity index (χ0n) is 11.3. The molecule has 1 aromatic rings. The minimum absolute atomic E-state index is 0.0253. The molecule has 6 heteroatoms. The van der Waals surface area contributed by atoms with E-state index in [1.54, 1.807) is 13.4 Å². The van der Waals surface area contributed by atoms with Gasteiger partial charge in [0.15, 0.2) is 0 Å². The van der Waals surface area contributed by atoms with Gasteiger partial charge in [-0.05, 0) is 13.8 Å². The third-order valence-corrected chi connectivity index (χ3v) is 2.52. The minimum Gasteiger partial charge on any atom is -0.383 e. The summed E-state index contributed by atoms with van der Waals surface area (Å²) in [6.07, 6.45) is 3.62. The summed E-state index contributed by atoms with van der Waals surface area (Å²) in [7, 11) is 1.61. The number of nitrogens with one attached hydrogen (secondary N) is 2. The normalized spacial score (nSPS) is 10.9. The smallest absolute Gasteiger partial charge is 0.234 e. The van der Waals surface area contributed by atoms with E-state index < -0.39 is 0 Å². The molecule has 0 aliphatic rings. The Labute approximate surface area is 108 Å². The van der Waals surface area contributed by atoms with Gasteiger partial charge in [0.05, 0.1) is 25.2 Å². The number of carbonyl (C=O) groups excluding carboxylic acids is 1. The van der Waals surface area contributed by atoms with E-state index in [0.29, 0.717) is 32.3 Å². The van der Waals surface area contributed by atoms with Crippen LogP contribution in [0.2, 0.25) is 0 Å². The number of aromatic nitrogens is 2. The average molecular weight is 254 g/mol. The highest BCUT2D eigenvalue weighted by Gasteiger charge is 2.05. The van der Waals surface area contributed by atoms with Gasteiger partial charge in [-0.15, -0.1) is 0 Å². The van der Waals surface area contributed by atoms with Crippen LogP contribution in [0.4, 0.5) is 0 Å². The highest BCUT2D eigenvalue weighted by Crippen LogP contribution is 2.07. The van der Waals surface area contributed by atoms with E-state index in [0.717, 1.165) is 5.69 Å². The summed E-state index contributed by atoms with van der Waals surface area (Å²) in [6.45, 7) is 6.21. The van der Waals surface area contributed by atoms with Crippen LogP contribution >= 0.6 is 0 Å². The lowest BCUT2D eigenvalue weighted by Gasteiger charge is -2.12. The molecule has 1 rings (SSSR count). The molecule has 6 nitrogen and oxygen atoms in total. The van der Waals surface area contributed by atoms with E-state index in [4.69, 9.17) is 4.74 Å². The Balaban J connectivity index is 2.24. The van der Waals surface area contributed by atoms with Gasteiger partial charge < -0.3 is 19.9 Å². The van der Waals surface area contributed by atoms with E-state index in [9.17, 15) is 4.79 Å². The van der Waals surface area contributed by atoms with Crippen molar-refractivity contribution in [3.63, 3.8) is 0 Å². The van der Waals surface area contributed by atoms with Crippen LogP contribution in [0.5, 0.6) is 0 Å². The number of amides is 1. The maximum Gasteiger partial charge on any atom is 0.234 e. The number of hydrogen-bond acceptors (Lipinski definition) is 4. The Hall–Kier alpha value is -1.40. The number of rotatable bonds is 8. The second kappa shape index (κ2) is 7.84. The lowest BCUT2D eigenvalue weighted by atomic mass is 10.3. The number of nitrogens with zero attached hydrogens (tertiary/aromatic N) is 2. The standard InChI is InChI=1S/C12H22N4O2/c1-10(2)16-9-14-7-11(16)6-13-8-12(17)15-4-5-18-3/h7,9-10,13H,4-6,8H2,1-3H3,(H,15,17). The van der Waals surface area contributed by atoms with Crippen LogP contribution in [0.15, 0.2) is 12.5 Å². The summed E-state index contributed by atoms with van der Waals surface area (Å²) < 4.78 is 6.93. The van der Waals surface area contributed by atoms with Crippen molar-refractivity contribution in [2.75, 3.05) is 26.8 Å². The Kier molecular flexibility index (Phi) is 6.38. The van der Waals surface area contributed by atoms with Gasteiger partial charge in [0, 0.05) is 32.4 Å². The van der Waals surface area contributed by atoms with Gasteiger partial charge in [-0.2, -0.15) is 0 Å². The van der Waals surface area contributed by atoms with Crippen molar-refractivity contribution in [3.8, 4) is 0 Å². The summed E-state index contributed by atoms with van der Waals surface area (Å²) in [5.41, 5.74) is 1.08. The molecule has 1 amide bonds. The first-order valence-electron chi connectivity index (χ1n) is 6.12. The third kappa shape index (κ3) is 4.85. The molecule has 0 saturated carbocycles. The monoisotopic (exact) mass is 254 g/mol. The first-order chi connectivity index (χ1) is 8.65. The van der Waals surface area contributed by atoms with Crippen LogP contribution in [0.3, 0.4) is 0 Å². The van der Waals surface area contributed by atoms with Crippen molar-refractivity contribution in [2.45, 2.75) is 26.4 Å². The van der Waals surface area contributed by atoms with Crippen LogP contribution in [0.1, 0.15) is 25.6 Å². The lowest BCUT2D eigenvalue weighted by Crippen LogP contribution is -2.35. The fraction of sp³-hybridized carbons (Fsp3) is 0.667. The SMILES string of the molecule is COCCNC(=O)CNCc1cncn1C(C)C. The summed E-state index contributed by atoms with van der Waals surface area (Å²) >= 11 is 0. The first kappa shape index (κ1) is 14.7. The molecule has 0 aliphatic heterocycles. The first-order valence-corrected chi connectivity index (χ1v) is 6.12. The van der Waals surface area contributed by atoms with Crippen LogP contribution in [-0.4, -0.2) is 42.3 Å². The predicted octanol–water partition coefficient (Wildman–Crippen LogP) is 0.316. The van der Waals surface area contributed by atoms with Crippen molar-refractivity contribution in [3.05, 3.63) is 18.2 Å². The van der Waals surface area contributed by atoms with Crippen molar-refractivity contribution in [1.29, 1.82) is 0 Å². The zero-order valence-corrected chi connectivity index (χ0v) is 11.3. The highest BCUT2D eigenvalue weighted by atomic mass is 16.5. The van der Waals surface area contributed by atoms with Crippen LogP contribution in [0.25, 0.3) is 0 Å². The molecule has 0 aromatic carbocycles. The molecular weight excluding hydrogens is 232 g/mol. The molecule has 0 unspecified atom stereocenters. The van der Waals surface area contributed by atoms with Crippen LogP contribution < -0.4 is 10.6 Å². The molecule has 2 N–H and O–H groups in total. The molecule has 0 fully saturated rings. The lowest BCUT2D eigenvalue weighted by molar-refractivity contribution is -0.120. The van der Waals surface area contributed by atoms with Gasteiger partial charge in [-0.25, -0.2) is 4.98 Å². The summed E-state index contributed by atoms with van der Waals surface area (Å²) in [5, 5.41) is 5.85. The third-order valence-electron chi connectivity index (χ3n) is 2.52. The van der Waals surface area contributed by atoms with Crippen molar-refractivity contribution < 1.29 is 9.53 Å². The molecule has 18 heavy (non-hydrogen) atoms. The highest BCUT2D eigenvalue weighted by molar-refractivity contribution is 5.77. The van der Waals surface area contributed by atoms with Crippen LogP contribution in [-0.2, 0) is 16.1 Å². The molecule has 0 atom stereocenters. The molecule has 1 aromatic heterocycles. The molecule has 102 valence electrons. The zero-order chi connectivity index (χ0) is 13.4. The average Bonchev–Trinajstić information content (AvgIpc) is 2.78. The molecule has 0 radical (unpaired) electrons. The minimum atomic E-state index is -0.0253.